The molecular formula is C15H28N2O4. The quantitative estimate of drug-likeness (QED) is 0.740. The minimum absolute atomic E-state index is 0.0296. The number of amides is 1. The number of carbonyl (C=O) groups is 2. The Morgan fingerprint density at radius 2 is 1.86 bits per heavy atom. The van der Waals surface area contributed by atoms with Gasteiger partial charge in [0.15, 0.2) is 0 Å². The highest BCUT2D eigenvalue weighted by Gasteiger charge is 2.26. The van der Waals surface area contributed by atoms with Gasteiger partial charge in [-0.3, -0.25) is 9.59 Å². The van der Waals surface area contributed by atoms with E-state index in [0.29, 0.717) is 13.0 Å². The highest BCUT2D eigenvalue weighted by atomic mass is 16.5. The molecule has 1 heterocycles. The molecule has 21 heavy (non-hydrogen) atoms. The summed E-state index contributed by atoms with van der Waals surface area (Å²) in [6.45, 7) is 8.33. The second kappa shape index (κ2) is 8.34. The minimum Gasteiger partial charge on any atom is -0.481 e. The number of hydrogen-bond donors (Lipinski definition) is 2. The third-order valence-electron chi connectivity index (χ3n) is 3.62. The molecular weight excluding hydrogens is 272 g/mol. The number of aliphatic carboxylic acids is 1. The Bertz CT molecular complexity index is 346. The SMILES string of the molecule is CC(C)(C)N(CCC(=O)O)C(=O)CCOC1CCNCC1. The summed E-state index contributed by atoms with van der Waals surface area (Å²) in [5.41, 5.74) is -0.374. The molecule has 0 spiro atoms. The maximum Gasteiger partial charge on any atom is 0.305 e. The Balaban J connectivity index is 2.38. The van der Waals surface area contributed by atoms with Crippen LogP contribution in [-0.2, 0) is 14.3 Å². The van der Waals surface area contributed by atoms with Crippen LogP contribution in [0.15, 0.2) is 0 Å². The third kappa shape index (κ3) is 6.91. The van der Waals surface area contributed by atoms with Crippen LogP contribution >= 0.6 is 0 Å². The first-order chi connectivity index (χ1) is 9.80. The number of hydrogen-bond acceptors (Lipinski definition) is 4. The van der Waals surface area contributed by atoms with Crippen LogP contribution in [0.3, 0.4) is 0 Å². The van der Waals surface area contributed by atoms with Crippen LogP contribution in [0.2, 0.25) is 0 Å². The zero-order valence-electron chi connectivity index (χ0n) is 13.4. The Labute approximate surface area is 126 Å². The first kappa shape index (κ1) is 17.9. The van der Waals surface area contributed by atoms with Gasteiger partial charge in [-0.05, 0) is 46.7 Å². The molecule has 0 saturated carbocycles. The number of nitrogens with one attached hydrogen (secondary N) is 1. The van der Waals surface area contributed by atoms with Gasteiger partial charge in [0.2, 0.25) is 5.91 Å². The predicted octanol–water partition coefficient (Wildman–Crippen LogP) is 1.25. The Morgan fingerprint density at radius 1 is 1.24 bits per heavy atom. The van der Waals surface area contributed by atoms with Crippen molar-refractivity contribution >= 4 is 11.9 Å². The molecule has 1 saturated heterocycles. The summed E-state index contributed by atoms with van der Waals surface area (Å²) in [7, 11) is 0. The van der Waals surface area contributed by atoms with E-state index in [1.807, 2.05) is 20.8 Å². The number of piperidine rings is 1. The van der Waals surface area contributed by atoms with Gasteiger partial charge in [0.05, 0.1) is 25.6 Å². The lowest BCUT2D eigenvalue weighted by atomic mass is 10.0. The third-order valence-corrected chi connectivity index (χ3v) is 3.62. The van der Waals surface area contributed by atoms with Crippen molar-refractivity contribution in [1.82, 2.24) is 10.2 Å². The van der Waals surface area contributed by atoms with Gasteiger partial charge in [-0.15, -0.1) is 0 Å². The van der Waals surface area contributed by atoms with Gasteiger partial charge >= 0.3 is 5.97 Å². The van der Waals surface area contributed by atoms with Crippen LogP contribution in [0.5, 0.6) is 0 Å². The summed E-state index contributed by atoms with van der Waals surface area (Å²) in [5, 5.41) is 12.1. The van der Waals surface area contributed by atoms with Crippen molar-refractivity contribution in [3.05, 3.63) is 0 Å². The van der Waals surface area contributed by atoms with Crippen LogP contribution in [0.4, 0.5) is 0 Å². The molecule has 0 aromatic carbocycles. The van der Waals surface area contributed by atoms with Gasteiger partial charge < -0.3 is 20.1 Å². The molecule has 0 unspecified atom stereocenters. The summed E-state index contributed by atoms with van der Waals surface area (Å²) in [6, 6.07) is 0. The first-order valence-electron chi connectivity index (χ1n) is 7.65. The van der Waals surface area contributed by atoms with Crippen molar-refractivity contribution < 1.29 is 19.4 Å². The van der Waals surface area contributed by atoms with Gasteiger partial charge in [-0.2, -0.15) is 0 Å². The molecule has 1 amide bonds. The largest absolute Gasteiger partial charge is 0.481 e. The monoisotopic (exact) mass is 300 g/mol. The maximum atomic E-state index is 12.3. The molecule has 6 nitrogen and oxygen atoms in total. The Kier molecular flexibility index (Phi) is 7.11. The van der Waals surface area contributed by atoms with Crippen LogP contribution in [-0.4, -0.2) is 59.8 Å². The van der Waals surface area contributed by atoms with Crippen LogP contribution in [0, 0.1) is 0 Å². The van der Waals surface area contributed by atoms with Crippen molar-refractivity contribution in [3.63, 3.8) is 0 Å². The van der Waals surface area contributed by atoms with Crippen LogP contribution in [0.1, 0.15) is 46.5 Å². The number of carboxylic acid groups (broad SMARTS) is 1. The first-order valence-corrected chi connectivity index (χ1v) is 7.65. The van der Waals surface area contributed by atoms with Crippen LogP contribution in [0.25, 0.3) is 0 Å². The summed E-state index contributed by atoms with van der Waals surface area (Å²) in [6.07, 6.45) is 2.48. The molecule has 0 bridgehead atoms. The molecule has 0 atom stereocenters. The van der Waals surface area contributed by atoms with Crippen molar-refractivity contribution in [3.8, 4) is 0 Å². The van der Waals surface area contributed by atoms with E-state index in [2.05, 4.69) is 5.32 Å². The van der Waals surface area contributed by atoms with Crippen molar-refractivity contribution in [2.24, 2.45) is 0 Å². The number of ether oxygens (including phenoxy) is 1. The van der Waals surface area contributed by atoms with Gasteiger partial charge in [0.25, 0.3) is 0 Å². The van der Waals surface area contributed by atoms with E-state index in [9.17, 15) is 9.59 Å². The second-order valence-corrected chi connectivity index (χ2v) is 6.43. The van der Waals surface area contributed by atoms with E-state index in [4.69, 9.17) is 9.84 Å². The normalized spacial score (nSPS) is 16.7. The molecule has 6 heteroatoms. The number of carboxylic acids is 1. The molecule has 1 fully saturated rings. The van der Waals surface area contributed by atoms with E-state index in [1.165, 1.54) is 0 Å². The summed E-state index contributed by atoms with van der Waals surface area (Å²) >= 11 is 0. The molecule has 0 aliphatic carbocycles. The van der Waals surface area contributed by atoms with Crippen molar-refractivity contribution in [2.75, 3.05) is 26.2 Å². The molecule has 2 N–H and O–H groups in total. The topological polar surface area (TPSA) is 78.9 Å². The van der Waals surface area contributed by atoms with E-state index in [1.54, 1.807) is 4.90 Å². The Hall–Kier alpha value is -1.14. The lowest BCUT2D eigenvalue weighted by Crippen LogP contribution is -2.47. The average molecular weight is 300 g/mol. The van der Waals surface area contributed by atoms with Gasteiger partial charge in [-0.25, -0.2) is 0 Å². The fraction of sp³-hybridized carbons (Fsp3) is 0.867. The van der Waals surface area contributed by atoms with Crippen molar-refractivity contribution in [2.45, 2.75) is 58.1 Å². The predicted molar refractivity (Wildman–Crippen MR) is 80.2 cm³/mol. The van der Waals surface area contributed by atoms with E-state index in [-0.39, 0.29) is 30.5 Å². The zero-order chi connectivity index (χ0) is 15.9. The number of carbonyl (C=O) groups excluding carboxylic acids is 1. The Morgan fingerprint density at radius 3 is 2.38 bits per heavy atom. The smallest absolute Gasteiger partial charge is 0.305 e. The van der Waals surface area contributed by atoms with E-state index >= 15 is 0 Å². The fourth-order valence-electron chi connectivity index (χ4n) is 2.45. The second-order valence-electron chi connectivity index (χ2n) is 6.43. The van der Waals surface area contributed by atoms with Gasteiger partial charge in [0, 0.05) is 12.1 Å². The molecule has 0 aromatic rings. The van der Waals surface area contributed by atoms with Gasteiger partial charge in [0.1, 0.15) is 0 Å². The lowest BCUT2D eigenvalue weighted by Gasteiger charge is -2.35. The number of nitrogens with zero attached hydrogens (tertiary/aromatic N) is 1. The van der Waals surface area contributed by atoms with Gasteiger partial charge in [-0.1, -0.05) is 0 Å². The maximum absolute atomic E-state index is 12.3. The molecule has 0 aromatic heterocycles. The zero-order valence-corrected chi connectivity index (χ0v) is 13.4. The highest BCUT2D eigenvalue weighted by Crippen LogP contribution is 2.16. The van der Waals surface area contributed by atoms with Crippen molar-refractivity contribution in [1.29, 1.82) is 0 Å². The summed E-state index contributed by atoms with van der Waals surface area (Å²) in [5.74, 6) is -0.930. The highest BCUT2D eigenvalue weighted by molar-refractivity contribution is 5.77. The molecule has 1 aliphatic heterocycles. The number of rotatable bonds is 7. The summed E-state index contributed by atoms with van der Waals surface area (Å²) < 4.78 is 5.74. The summed E-state index contributed by atoms with van der Waals surface area (Å²) in [4.78, 5) is 24.6. The standard InChI is InChI=1S/C15H28N2O4/c1-15(2,3)17(10-6-14(19)20)13(18)7-11-21-12-4-8-16-9-5-12/h12,16H,4-11H2,1-3H3,(H,19,20). The minimum atomic E-state index is -0.886. The molecule has 1 rings (SSSR count). The lowest BCUT2D eigenvalue weighted by molar-refractivity contribution is -0.141. The van der Waals surface area contributed by atoms with E-state index in [0.717, 1.165) is 25.9 Å². The molecule has 1 aliphatic rings. The molecule has 0 radical (unpaired) electrons. The van der Waals surface area contributed by atoms with E-state index < -0.39 is 5.97 Å². The average Bonchev–Trinajstić information content (AvgIpc) is 2.38. The molecule has 122 valence electrons. The fourth-order valence-corrected chi connectivity index (χ4v) is 2.45. The van der Waals surface area contributed by atoms with Crippen LogP contribution < -0.4 is 5.32 Å².